The number of benzene rings is 3. The van der Waals surface area contributed by atoms with Gasteiger partial charge in [0.25, 0.3) is 0 Å². The highest BCUT2D eigenvalue weighted by Crippen LogP contribution is 2.49. The number of aliphatic hydroxyl groups excluding tert-OH is 3. The van der Waals surface area contributed by atoms with Crippen molar-refractivity contribution in [3.8, 4) is 57.5 Å². The molecule has 3 aromatic carbocycles. The number of phenolic OH excluding ortho intramolecular Hbond substituents is 8. The zero-order chi connectivity index (χ0) is 34.2. The lowest BCUT2D eigenvalue weighted by atomic mass is 9.98. The van der Waals surface area contributed by atoms with E-state index in [1.807, 2.05) is 0 Å². The normalized spacial score (nSPS) is 20.9. The van der Waals surface area contributed by atoms with Crippen molar-refractivity contribution in [2.75, 3.05) is 6.61 Å². The van der Waals surface area contributed by atoms with E-state index in [9.17, 15) is 75.7 Å². The number of esters is 2. The van der Waals surface area contributed by atoms with Crippen LogP contribution in [0.1, 0.15) is 31.1 Å². The van der Waals surface area contributed by atoms with Gasteiger partial charge in [-0.05, 0) is 24.3 Å². The molecule has 12 N–H and O–H groups in total. The van der Waals surface area contributed by atoms with E-state index in [1.165, 1.54) is 0 Å². The van der Waals surface area contributed by atoms with Gasteiger partial charge in [0.15, 0.2) is 58.7 Å². The Balaban J connectivity index is 1.67. The Labute approximate surface area is 254 Å². The number of hydrogen-bond acceptors (Lipinski definition) is 18. The highest BCUT2D eigenvalue weighted by Gasteiger charge is 2.49. The molecule has 0 saturated carbocycles. The van der Waals surface area contributed by atoms with Gasteiger partial charge in [-0.1, -0.05) is 0 Å². The van der Waals surface area contributed by atoms with Crippen molar-refractivity contribution in [2.45, 2.75) is 30.7 Å². The number of phenols is 8. The van der Waals surface area contributed by atoms with E-state index in [0.717, 1.165) is 0 Å². The maximum Gasteiger partial charge on any atom is 0.339 e. The second-order valence-corrected chi connectivity index (χ2v) is 9.56. The minimum absolute atomic E-state index is 0.486. The Hall–Kier alpha value is -5.89. The summed E-state index contributed by atoms with van der Waals surface area (Å²) in [6, 6.07) is 3.07. The van der Waals surface area contributed by atoms with Crippen molar-refractivity contribution in [1.29, 1.82) is 0 Å². The van der Waals surface area contributed by atoms with Crippen molar-refractivity contribution >= 4 is 17.9 Å². The molecule has 1 saturated heterocycles. The monoisotopic (exact) mass is 652 g/mol. The molecule has 0 bridgehead atoms. The molecule has 19 nitrogen and oxygen atoms in total. The molecule has 0 amide bonds. The summed E-state index contributed by atoms with van der Waals surface area (Å²) in [6.45, 7) is -0.932. The van der Waals surface area contributed by atoms with Crippen LogP contribution in [0.4, 0.5) is 0 Å². The summed E-state index contributed by atoms with van der Waals surface area (Å²) in [4.78, 5) is 37.5. The van der Waals surface area contributed by atoms with Crippen molar-refractivity contribution in [3.05, 3.63) is 47.0 Å². The first-order valence-corrected chi connectivity index (χ1v) is 12.6. The zero-order valence-electron chi connectivity index (χ0n) is 22.7. The summed E-state index contributed by atoms with van der Waals surface area (Å²) < 4.78 is 20.5. The number of carbonyl (C=O) groups excluding carboxylic acids is 2. The molecule has 5 atom stereocenters. The molecule has 19 heteroatoms. The molecular weight excluding hydrogens is 628 g/mol. The van der Waals surface area contributed by atoms with Crippen LogP contribution in [0.25, 0.3) is 0 Å². The average molecular weight is 652 g/mol. The van der Waals surface area contributed by atoms with Gasteiger partial charge in [0, 0.05) is 6.07 Å². The Morgan fingerprint density at radius 3 is 1.72 bits per heavy atom. The van der Waals surface area contributed by atoms with Gasteiger partial charge < -0.3 is 80.2 Å². The first kappa shape index (κ1) is 33.0. The van der Waals surface area contributed by atoms with E-state index in [1.54, 1.807) is 0 Å². The number of aromatic carboxylic acids is 1. The molecule has 1 fully saturated rings. The second kappa shape index (κ2) is 12.6. The van der Waals surface area contributed by atoms with E-state index in [0.29, 0.717) is 30.3 Å². The summed E-state index contributed by atoms with van der Waals surface area (Å²) in [5.74, 6) is -15.3. The molecule has 246 valence electrons. The van der Waals surface area contributed by atoms with Crippen LogP contribution in [0.3, 0.4) is 0 Å². The second-order valence-electron chi connectivity index (χ2n) is 9.56. The first-order chi connectivity index (χ1) is 21.5. The Bertz CT molecular complexity index is 1680. The quantitative estimate of drug-likeness (QED) is 0.109. The number of hydrogen-bond donors (Lipinski definition) is 12. The van der Waals surface area contributed by atoms with E-state index >= 15 is 0 Å². The summed E-state index contributed by atoms with van der Waals surface area (Å²) in [6.07, 6.45) is -9.89. The lowest BCUT2D eigenvalue weighted by molar-refractivity contribution is -0.285. The number of aliphatic hydroxyl groups is 3. The van der Waals surface area contributed by atoms with Gasteiger partial charge in [0.05, 0.1) is 17.7 Å². The molecule has 1 aliphatic heterocycles. The van der Waals surface area contributed by atoms with Crippen LogP contribution in [0.5, 0.6) is 57.5 Å². The fourth-order valence-electron chi connectivity index (χ4n) is 4.21. The van der Waals surface area contributed by atoms with Gasteiger partial charge in [-0.2, -0.15) is 0 Å². The number of ether oxygens (including phenoxy) is 4. The van der Waals surface area contributed by atoms with Gasteiger partial charge in [0.1, 0.15) is 17.8 Å². The van der Waals surface area contributed by atoms with Crippen LogP contribution in [0.2, 0.25) is 0 Å². The molecule has 5 unspecified atom stereocenters. The molecule has 0 aliphatic carbocycles. The van der Waals surface area contributed by atoms with Crippen LogP contribution >= 0.6 is 0 Å². The molecule has 0 aromatic heterocycles. The third-order valence-electron chi connectivity index (χ3n) is 6.55. The van der Waals surface area contributed by atoms with Crippen LogP contribution in [0, 0.1) is 0 Å². The van der Waals surface area contributed by atoms with Crippen molar-refractivity contribution < 1.29 is 94.6 Å². The van der Waals surface area contributed by atoms with Gasteiger partial charge in [-0.3, -0.25) is 0 Å². The predicted molar refractivity (Wildman–Crippen MR) is 142 cm³/mol. The first-order valence-electron chi connectivity index (χ1n) is 12.6. The summed E-state index contributed by atoms with van der Waals surface area (Å²) >= 11 is 0. The number of carbonyl (C=O) groups is 3. The lowest BCUT2D eigenvalue weighted by Crippen LogP contribution is -2.61. The number of aromatic hydroxyl groups is 8. The highest BCUT2D eigenvalue weighted by molar-refractivity contribution is 5.94. The van der Waals surface area contributed by atoms with Crippen molar-refractivity contribution in [1.82, 2.24) is 0 Å². The topological polar surface area (TPSA) is 331 Å². The Morgan fingerprint density at radius 1 is 0.674 bits per heavy atom. The Kier molecular flexibility index (Phi) is 9.05. The average Bonchev–Trinajstić information content (AvgIpc) is 3.00. The standard InChI is InChI=1S/C27H24O19/c28-6-15-19(36)22(45-25(40)7-1-10(29)16(33)11(30)2-7)23(27(42)44-15)46-26(41)8-3-12(31)17(34)14(4-8)43-21-9(24(38)39)5-13(32)18(35)20(21)37/h1-5,15,19,22-23,27-37,42H,6H2,(H,38,39). The third kappa shape index (κ3) is 6.19. The fourth-order valence-corrected chi connectivity index (χ4v) is 4.21. The number of rotatable bonds is 8. The molecule has 1 heterocycles. The molecular formula is C27H24O19. The summed E-state index contributed by atoms with van der Waals surface area (Å²) in [5, 5.41) is 119. The maximum absolute atomic E-state index is 13.1. The predicted octanol–water partition coefficient (Wildman–Crippen LogP) is -0.357. The van der Waals surface area contributed by atoms with Crippen LogP contribution in [-0.2, 0) is 14.2 Å². The summed E-state index contributed by atoms with van der Waals surface area (Å²) in [5.41, 5.74) is -2.23. The minimum atomic E-state index is -2.19. The lowest BCUT2D eigenvalue weighted by Gasteiger charge is -2.41. The highest BCUT2D eigenvalue weighted by atomic mass is 16.7. The molecule has 46 heavy (non-hydrogen) atoms. The number of carboxylic acids is 1. The SMILES string of the molecule is O=C(OC1C(O)OC(CO)C(O)C1OC(=O)c1cc(O)c(O)c(O)c1)c1cc(O)c(O)c(Oc2c(C(=O)O)cc(O)c(O)c2O)c1. The van der Waals surface area contributed by atoms with E-state index in [2.05, 4.69) is 0 Å². The van der Waals surface area contributed by atoms with E-state index in [-0.39, 0.29) is 0 Å². The zero-order valence-corrected chi connectivity index (χ0v) is 22.7. The number of carboxylic acid groups (broad SMARTS) is 1. The largest absolute Gasteiger partial charge is 0.504 e. The smallest absolute Gasteiger partial charge is 0.339 e. The molecule has 3 aromatic rings. The van der Waals surface area contributed by atoms with Crippen LogP contribution in [-0.4, -0.2) is 116 Å². The van der Waals surface area contributed by atoms with Gasteiger partial charge in [-0.15, -0.1) is 0 Å². The van der Waals surface area contributed by atoms with Crippen LogP contribution in [0.15, 0.2) is 30.3 Å². The summed E-state index contributed by atoms with van der Waals surface area (Å²) in [7, 11) is 0. The van der Waals surface area contributed by atoms with E-state index < -0.39 is 129 Å². The third-order valence-corrected chi connectivity index (χ3v) is 6.55. The Morgan fingerprint density at radius 2 is 1.17 bits per heavy atom. The molecule has 1 aliphatic rings. The van der Waals surface area contributed by atoms with Gasteiger partial charge in [-0.25, -0.2) is 14.4 Å². The van der Waals surface area contributed by atoms with Gasteiger partial charge in [0.2, 0.25) is 17.2 Å². The minimum Gasteiger partial charge on any atom is -0.504 e. The van der Waals surface area contributed by atoms with Crippen molar-refractivity contribution in [2.24, 2.45) is 0 Å². The molecule has 0 spiro atoms. The van der Waals surface area contributed by atoms with Gasteiger partial charge >= 0.3 is 17.9 Å². The molecule has 0 radical (unpaired) electrons. The molecule has 4 rings (SSSR count). The maximum atomic E-state index is 13.1. The van der Waals surface area contributed by atoms with Crippen LogP contribution < -0.4 is 4.74 Å². The van der Waals surface area contributed by atoms with E-state index in [4.69, 9.17) is 18.9 Å². The fraction of sp³-hybridized carbons (Fsp3) is 0.222. The van der Waals surface area contributed by atoms with Crippen molar-refractivity contribution in [3.63, 3.8) is 0 Å².